The Morgan fingerprint density at radius 3 is 2.47 bits per heavy atom. The second kappa shape index (κ2) is 8.13. The minimum Gasteiger partial charge on any atom is -0.450 e. The minimum atomic E-state index is -0.513. The topological polar surface area (TPSA) is 67.4 Å². The van der Waals surface area contributed by atoms with Crippen LogP contribution in [-0.2, 0) is 9.53 Å². The van der Waals surface area contributed by atoms with Crippen molar-refractivity contribution in [2.45, 2.75) is 26.3 Å². The van der Waals surface area contributed by atoms with Crippen LogP contribution in [0.15, 0.2) is 30.3 Å². The Hall–Kier alpha value is -2.04. The maximum atomic E-state index is 11.7. The normalized spacial score (nSPS) is 11.5. The summed E-state index contributed by atoms with van der Waals surface area (Å²) in [6.07, 6.45) is -0.322. The second-order valence-corrected chi connectivity index (χ2v) is 3.99. The number of benzene rings is 1. The zero-order valence-electron chi connectivity index (χ0n) is 11.3. The predicted molar refractivity (Wildman–Crippen MR) is 72.6 cm³/mol. The van der Waals surface area contributed by atoms with E-state index in [9.17, 15) is 9.59 Å². The predicted octanol–water partition coefficient (Wildman–Crippen LogP) is 2.00. The Morgan fingerprint density at radius 1 is 1.21 bits per heavy atom. The van der Waals surface area contributed by atoms with Gasteiger partial charge in [-0.15, -0.1) is 0 Å². The summed E-state index contributed by atoms with van der Waals surface area (Å²) in [4.78, 5) is 23.2. The van der Waals surface area contributed by atoms with Crippen molar-refractivity contribution in [3.63, 3.8) is 0 Å². The number of alkyl carbamates (subject to hydrolysis) is 1. The van der Waals surface area contributed by atoms with Crippen LogP contribution < -0.4 is 10.6 Å². The number of hydrogen-bond donors (Lipinski definition) is 2. The Bertz CT molecular complexity index is 386. The molecule has 2 N–H and O–H groups in total. The molecule has 0 fully saturated rings. The molecule has 5 nitrogen and oxygen atoms in total. The molecule has 0 aliphatic carbocycles. The molecule has 0 spiro atoms. The standard InChI is InChI=1S/C14H20N2O3/c1-3-15-13(17)10-12(16-14(18)19-4-2)11-8-6-5-7-9-11/h5-9,12H,3-4,10H2,1-2H3,(H,15,17)(H,16,18). The quantitative estimate of drug-likeness (QED) is 0.825. The fourth-order valence-corrected chi connectivity index (χ4v) is 1.71. The van der Waals surface area contributed by atoms with Crippen molar-refractivity contribution in [2.75, 3.05) is 13.2 Å². The molecule has 2 amide bonds. The minimum absolute atomic E-state index is 0.104. The summed E-state index contributed by atoms with van der Waals surface area (Å²) < 4.78 is 4.85. The first-order valence-electron chi connectivity index (χ1n) is 6.42. The molecule has 0 saturated carbocycles. The van der Waals surface area contributed by atoms with Crippen molar-refractivity contribution in [1.82, 2.24) is 10.6 Å². The number of ether oxygens (including phenoxy) is 1. The molecule has 1 unspecified atom stereocenters. The molecule has 1 rings (SSSR count). The maximum absolute atomic E-state index is 11.7. The Balaban J connectivity index is 2.73. The highest BCUT2D eigenvalue weighted by Gasteiger charge is 2.18. The summed E-state index contributed by atoms with van der Waals surface area (Å²) in [7, 11) is 0. The van der Waals surface area contributed by atoms with Crippen molar-refractivity contribution in [3.05, 3.63) is 35.9 Å². The van der Waals surface area contributed by atoms with Crippen LogP contribution in [0, 0.1) is 0 Å². The van der Waals surface area contributed by atoms with Crippen LogP contribution in [0.5, 0.6) is 0 Å². The summed E-state index contributed by atoms with van der Waals surface area (Å²) in [5, 5.41) is 5.42. The van der Waals surface area contributed by atoms with Crippen molar-refractivity contribution in [3.8, 4) is 0 Å². The smallest absolute Gasteiger partial charge is 0.407 e. The first-order valence-corrected chi connectivity index (χ1v) is 6.42. The molecule has 0 aromatic heterocycles. The van der Waals surface area contributed by atoms with Gasteiger partial charge in [0.05, 0.1) is 19.1 Å². The number of carbonyl (C=O) groups excluding carboxylic acids is 2. The average molecular weight is 264 g/mol. The van der Waals surface area contributed by atoms with Gasteiger partial charge >= 0.3 is 6.09 Å². The van der Waals surface area contributed by atoms with Crippen LogP contribution in [-0.4, -0.2) is 25.2 Å². The Morgan fingerprint density at radius 2 is 1.89 bits per heavy atom. The van der Waals surface area contributed by atoms with Crippen molar-refractivity contribution < 1.29 is 14.3 Å². The van der Waals surface area contributed by atoms with Crippen LogP contribution in [0.1, 0.15) is 31.9 Å². The van der Waals surface area contributed by atoms with Gasteiger partial charge in [-0.25, -0.2) is 4.79 Å². The summed E-state index contributed by atoms with van der Waals surface area (Å²) in [6.45, 7) is 4.46. The van der Waals surface area contributed by atoms with Gasteiger partial charge in [-0.05, 0) is 19.4 Å². The molecule has 1 aromatic carbocycles. The molecule has 0 saturated heterocycles. The van der Waals surface area contributed by atoms with E-state index in [4.69, 9.17) is 4.74 Å². The lowest BCUT2D eigenvalue weighted by atomic mass is 10.0. The molecule has 104 valence electrons. The molecule has 0 heterocycles. The highest BCUT2D eigenvalue weighted by atomic mass is 16.5. The summed E-state index contributed by atoms with van der Waals surface area (Å²) in [6, 6.07) is 8.98. The summed E-state index contributed by atoms with van der Waals surface area (Å²) in [5.74, 6) is -0.104. The van der Waals surface area contributed by atoms with E-state index in [1.54, 1.807) is 6.92 Å². The van der Waals surface area contributed by atoms with Gasteiger partial charge in [-0.2, -0.15) is 0 Å². The zero-order valence-corrected chi connectivity index (χ0v) is 11.3. The van der Waals surface area contributed by atoms with E-state index >= 15 is 0 Å². The molecule has 19 heavy (non-hydrogen) atoms. The van der Waals surface area contributed by atoms with Gasteiger partial charge in [0.15, 0.2) is 0 Å². The molecule has 5 heteroatoms. The zero-order chi connectivity index (χ0) is 14.1. The van der Waals surface area contributed by atoms with E-state index in [0.29, 0.717) is 13.2 Å². The van der Waals surface area contributed by atoms with E-state index in [2.05, 4.69) is 10.6 Å². The van der Waals surface area contributed by atoms with E-state index in [0.717, 1.165) is 5.56 Å². The third-order valence-corrected chi connectivity index (χ3v) is 2.53. The third kappa shape index (κ3) is 5.42. The van der Waals surface area contributed by atoms with Gasteiger partial charge in [0.2, 0.25) is 5.91 Å². The Labute approximate surface area is 113 Å². The van der Waals surface area contributed by atoms with Gasteiger partial charge in [0.1, 0.15) is 0 Å². The molecule has 0 radical (unpaired) electrons. The highest BCUT2D eigenvalue weighted by Crippen LogP contribution is 2.16. The lowest BCUT2D eigenvalue weighted by Crippen LogP contribution is -2.34. The maximum Gasteiger partial charge on any atom is 0.407 e. The molecule has 0 aliphatic heterocycles. The molecular weight excluding hydrogens is 244 g/mol. The molecule has 1 aromatic rings. The van der Waals surface area contributed by atoms with Crippen molar-refractivity contribution >= 4 is 12.0 Å². The number of nitrogens with one attached hydrogen (secondary N) is 2. The van der Waals surface area contributed by atoms with Gasteiger partial charge in [0, 0.05) is 6.54 Å². The molecule has 0 bridgehead atoms. The lowest BCUT2D eigenvalue weighted by molar-refractivity contribution is -0.121. The van der Waals surface area contributed by atoms with Crippen LogP contribution in [0.25, 0.3) is 0 Å². The second-order valence-electron chi connectivity index (χ2n) is 3.99. The number of hydrogen-bond acceptors (Lipinski definition) is 3. The van der Waals surface area contributed by atoms with E-state index < -0.39 is 6.09 Å². The third-order valence-electron chi connectivity index (χ3n) is 2.53. The summed E-state index contributed by atoms with van der Waals surface area (Å²) in [5.41, 5.74) is 0.877. The van der Waals surface area contributed by atoms with E-state index in [-0.39, 0.29) is 18.4 Å². The monoisotopic (exact) mass is 264 g/mol. The van der Waals surface area contributed by atoms with Crippen molar-refractivity contribution in [2.24, 2.45) is 0 Å². The van der Waals surface area contributed by atoms with Gasteiger partial charge in [0.25, 0.3) is 0 Å². The first-order chi connectivity index (χ1) is 9.17. The van der Waals surface area contributed by atoms with Crippen LogP contribution >= 0.6 is 0 Å². The van der Waals surface area contributed by atoms with Crippen LogP contribution in [0.2, 0.25) is 0 Å². The van der Waals surface area contributed by atoms with E-state index in [1.165, 1.54) is 0 Å². The van der Waals surface area contributed by atoms with Gasteiger partial charge in [-0.1, -0.05) is 30.3 Å². The van der Waals surface area contributed by atoms with Crippen molar-refractivity contribution in [1.29, 1.82) is 0 Å². The fraction of sp³-hybridized carbons (Fsp3) is 0.429. The Kier molecular flexibility index (Phi) is 6.43. The molecule has 0 aliphatic rings. The average Bonchev–Trinajstić information content (AvgIpc) is 2.39. The number of rotatable bonds is 6. The first kappa shape index (κ1) is 15.0. The fourth-order valence-electron chi connectivity index (χ4n) is 1.71. The number of amides is 2. The molecule has 1 atom stereocenters. The van der Waals surface area contributed by atoms with Gasteiger partial charge < -0.3 is 15.4 Å². The van der Waals surface area contributed by atoms with Crippen LogP contribution in [0.3, 0.4) is 0 Å². The van der Waals surface area contributed by atoms with Crippen LogP contribution in [0.4, 0.5) is 4.79 Å². The summed E-state index contributed by atoms with van der Waals surface area (Å²) >= 11 is 0. The lowest BCUT2D eigenvalue weighted by Gasteiger charge is -2.18. The number of carbonyl (C=O) groups is 2. The SMILES string of the molecule is CCNC(=O)CC(NC(=O)OCC)c1ccccc1. The van der Waals surface area contributed by atoms with E-state index in [1.807, 2.05) is 37.3 Å². The molecular formula is C14H20N2O3. The largest absolute Gasteiger partial charge is 0.450 e. The highest BCUT2D eigenvalue weighted by molar-refractivity contribution is 5.78. The van der Waals surface area contributed by atoms with Gasteiger partial charge in [-0.3, -0.25) is 4.79 Å².